The molecular weight excluding hydrogens is 408 g/mol. The Balaban J connectivity index is 1.40. The smallest absolute Gasteiger partial charge is 0.329 e. The van der Waals surface area contributed by atoms with E-state index in [1.54, 1.807) is 29.6 Å². The highest BCUT2D eigenvalue weighted by Gasteiger charge is 2.15. The average molecular weight is 426 g/mol. The number of amides is 2. The van der Waals surface area contributed by atoms with Crippen LogP contribution in [0.2, 0.25) is 0 Å². The predicted octanol–water partition coefficient (Wildman–Crippen LogP) is 0.630. The summed E-state index contributed by atoms with van der Waals surface area (Å²) >= 11 is 1.32. The van der Waals surface area contributed by atoms with Gasteiger partial charge in [-0.1, -0.05) is 0 Å². The normalized spacial score (nSPS) is 11.0. The van der Waals surface area contributed by atoms with Crippen molar-refractivity contribution in [2.24, 2.45) is 0 Å². The van der Waals surface area contributed by atoms with E-state index in [4.69, 9.17) is 0 Å². The van der Waals surface area contributed by atoms with E-state index in [1.165, 1.54) is 11.3 Å². The highest BCUT2D eigenvalue weighted by molar-refractivity contribution is 7.12. The van der Waals surface area contributed by atoms with E-state index in [2.05, 4.69) is 26.3 Å². The summed E-state index contributed by atoms with van der Waals surface area (Å²) in [6.45, 7) is 4.32. The molecule has 0 aliphatic rings. The van der Waals surface area contributed by atoms with Gasteiger partial charge in [0.2, 0.25) is 0 Å². The van der Waals surface area contributed by atoms with Gasteiger partial charge in [0.1, 0.15) is 17.4 Å². The lowest BCUT2D eigenvalue weighted by Crippen LogP contribution is -2.44. The lowest BCUT2D eigenvalue weighted by molar-refractivity contribution is -0.122. The van der Waals surface area contributed by atoms with Crippen LogP contribution in [0.1, 0.15) is 23.1 Å². The largest absolute Gasteiger partial charge is 0.369 e. The minimum absolute atomic E-state index is 0.351. The fourth-order valence-corrected chi connectivity index (χ4v) is 3.74. The molecule has 30 heavy (non-hydrogen) atoms. The van der Waals surface area contributed by atoms with Crippen molar-refractivity contribution in [2.75, 3.05) is 0 Å². The molecule has 0 aliphatic carbocycles. The molecule has 0 bridgehead atoms. The van der Waals surface area contributed by atoms with Crippen LogP contribution < -0.4 is 16.5 Å². The first-order chi connectivity index (χ1) is 14.5. The molecule has 0 aliphatic heterocycles. The first-order valence-corrected chi connectivity index (χ1v) is 9.98. The number of hydrazine groups is 1. The molecule has 11 nitrogen and oxygen atoms in total. The number of aromatic nitrogens is 6. The van der Waals surface area contributed by atoms with E-state index in [0.29, 0.717) is 16.1 Å². The second-order valence-corrected chi connectivity index (χ2v) is 7.32. The van der Waals surface area contributed by atoms with E-state index in [9.17, 15) is 14.4 Å². The Labute approximate surface area is 173 Å². The molecule has 0 fully saturated rings. The van der Waals surface area contributed by atoms with Crippen LogP contribution in [0.25, 0.3) is 16.0 Å². The Morgan fingerprint density at radius 2 is 2.00 bits per heavy atom. The standard InChI is InChI=1S/C18H18N8O3S/c1-3-24-11(2)19-13-9-12(6-7-14(13)24)17(28)21-20-15(27)10-25-18(29)26(23-22-25)16-5-4-8-30-16/h4-9H,3,10H2,1-2H3,(H,20,27)(H,21,28). The molecule has 0 radical (unpaired) electrons. The number of rotatable bonds is 5. The minimum atomic E-state index is -0.615. The second-order valence-electron chi connectivity index (χ2n) is 6.39. The van der Waals surface area contributed by atoms with Gasteiger partial charge in [0, 0.05) is 12.1 Å². The SMILES string of the molecule is CCn1c(C)nc2cc(C(=O)NNC(=O)Cn3nnn(-c4cccs4)c3=O)ccc21. The zero-order chi connectivity index (χ0) is 21.3. The van der Waals surface area contributed by atoms with Gasteiger partial charge in [-0.3, -0.25) is 20.4 Å². The lowest BCUT2D eigenvalue weighted by atomic mass is 10.2. The molecule has 0 spiro atoms. The van der Waals surface area contributed by atoms with Gasteiger partial charge < -0.3 is 4.57 Å². The first kappa shape index (κ1) is 19.5. The van der Waals surface area contributed by atoms with Gasteiger partial charge in [0.25, 0.3) is 11.8 Å². The van der Waals surface area contributed by atoms with Crippen LogP contribution in [0.5, 0.6) is 0 Å². The summed E-state index contributed by atoms with van der Waals surface area (Å²) in [6.07, 6.45) is 0. The Morgan fingerprint density at radius 3 is 2.73 bits per heavy atom. The zero-order valence-electron chi connectivity index (χ0n) is 16.2. The molecule has 4 rings (SSSR count). The molecule has 12 heteroatoms. The maximum atomic E-state index is 12.4. The molecular formula is C18H18N8O3S. The van der Waals surface area contributed by atoms with Crippen molar-refractivity contribution in [3.63, 3.8) is 0 Å². The number of hydrogen-bond acceptors (Lipinski definition) is 7. The van der Waals surface area contributed by atoms with Crippen molar-refractivity contribution in [2.45, 2.75) is 26.9 Å². The summed E-state index contributed by atoms with van der Waals surface area (Å²) in [5.74, 6) is -0.251. The Bertz CT molecular complexity index is 1280. The van der Waals surface area contributed by atoms with Crippen LogP contribution in [0, 0.1) is 6.92 Å². The van der Waals surface area contributed by atoms with E-state index in [0.717, 1.165) is 27.2 Å². The summed E-state index contributed by atoms with van der Waals surface area (Å²) in [5, 5.41) is 9.83. The van der Waals surface area contributed by atoms with Crippen LogP contribution in [-0.4, -0.2) is 41.2 Å². The third-order valence-corrected chi connectivity index (χ3v) is 5.32. The molecule has 0 atom stereocenters. The summed E-state index contributed by atoms with van der Waals surface area (Å²) in [7, 11) is 0. The highest BCUT2D eigenvalue weighted by atomic mass is 32.1. The molecule has 3 aromatic heterocycles. The number of nitrogens with one attached hydrogen (secondary N) is 2. The highest BCUT2D eigenvalue weighted by Crippen LogP contribution is 2.17. The minimum Gasteiger partial charge on any atom is -0.329 e. The van der Waals surface area contributed by atoms with E-state index < -0.39 is 17.5 Å². The van der Waals surface area contributed by atoms with Gasteiger partial charge in [-0.2, -0.15) is 9.36 Å². The fourth-order valence-electron chi connectivity index (χ4n) is 3.07. The van der Waals surface area contributed by atoms with Gasteiger partial charge in [-0.25, -0.2) is 9.78 Å². The number of carbonyl (C=O) groups excluding carboxylic acids is 2. The number of nitrogens with zero attached hydrogens (tertiary/aromatic N) is 6. The number of hydrogen-bond donors (Lipinski definition) is 2. The summed E-state index contributed by atoms with van der Waals surface area (Å²) in [4.78, 5) is 41.2. The number of aryl methyl sites for hydroxylation is 2. The van der Waals surface area contributed by atoms with E-state index in [1.807, 2.05) is 24.5 Å². The topological polar surface area (TPSA) is 129 Å². The summed E-state index contributed by atoms with van der Waals surface area (Å²) in [6, 6.07) is 8.63. The van der Waals surface area contributed by atoms with Crippen molar-refractivity contribution < 1.29 is 9.59 Å². The number of imidazole rings is 1. The van der Waals surface area contributed by atoms with Crippen LogP contribution >= 0.6 is 11.3 Å². The Kier molecular flexibility index (Phi) is 5.14. The van der Waals surface area contributed by atoms with Crippen LogP contribution in [0.15, 0.2) is 40.5 Å². The van der Waals surface area contributed by atoms with Crippen molar-refractivity contribution in [1.82, 2.24) is 40.2 Å². The predicted molar refractivity (Wildman–Crippen MR) is 109 cm³/mol. The van der Waals surface area contributed by atoms with Crippen molar-refractivity contribution in [3.05, 3.63) is 57.6 Å². The number of fused-ring (bicyclic) bond motifs is 1. The Morgan fingerprint density at radius 1 is 1.17 bits per heavy atom. The molecule has 2 amide bonds. The number of thiophene rings is 1. The first-order valence-electron chi connectivity index (χ1n) is 9.10. The van der Waals surface area contributed by atoms with Crippen molar-refractivity contribution >= 4 is 34.2 Å². The van der Waals surface area contributed by atoms with E-state index >= 15 is 0 Å². The van der Waals surface area contributed by atoms with Crippen molar-refractivity contribution in [3.8, 4) is 5.00 Å². The van der Waals surface area contributed by atoms with Gasteiger partial charge in [0.05, 0.1) is 11.0 Å². The average Bonchev–Trinajstić information content (AvgIpc) is 3.45. The summed E-state index contributed by atoms with van der Waals surface area (Å²) in [5.41, 5.74) is 6.04. The van der Waals surface area contributed by atoms with Gasteiger partial charge >= 0.3 is 5.69 Å². The third kappa shape index (κ3) is 3.59. The number of tetrazole rings is 1. The molecule has 3 heterocycles. The Hall–Kier alpha value is -3.80. The molecule has 4 aromatic rings. The van der Waals surface area contributed by atoms with Crippen LogP contribution in [0.4, 0.5) is 0 Å². The third-order valence-electron chi connectivity index (χ3n) is 4.48. The van der Waals surface area contributed by atoms with Gasteiger partial charge in [0.15, 0.2) is 0 Å². The monoisotopic (exact) mass is 426 g/mol. The van der Waals surface area contributed by atoms with E-state index in [-0.39, 0.29) is 6.54 Å². The maximum Gasteiger partial charge on any atom is 0.369 e. The lowest BCUT2D eigenvalue weighted by Gasteiger charge is -2.07. The molecule has 0 saturated carbocycles. The van der Waals surface area contributed by atoms with Crippen molar-refractivity contribution in [1.29, 1.82) is 0 Å². The molecule has 2 N–H and O–H groups in total. The number of carbonyl (C=O) groups is 2. The van der Waals surface area contributed by atoms with Crippen LogP contribution in [0.3, 0.4) is 0 Å². The maximum absolute atomic E-state index is 12.4. The number of benzene rings is 1. The molecule has 1 aromatic carbocycles. The molecule has 0 saturated heterocycles. The fraction of sp³-hybridized carbons (Fsp3) is 0.222. The molecule has 154 valence electrons. The van der Waals surface area contributed by atoms with Gasteiger partial charge in [-0.15, -0.1) is 11.3 Å². The second kappa shape index (κ2) is 7.91. The van der Waals surface area contributed by atoms with Gasteiger partial charge in [-0.05, 0) is 60.0 Å². The molecule has 0 unspecified atom stereocenters. The summed E-state index contributed by atoms with van der Waals surface area (Å²) < 4.78 is 4.05. The quantitative estimate of drug-likeness (QED) is 0.451. The van der Waals surface area contributed by atoms with Crippen LogP contribution in [-0.2, 0) is 17.9 Å². The zero-order valence-corrected chi connectivity index (χ0v) is 17.0.